The fraction of sp³-hybridized carbons (Fsp3) is 0.261. The van der Waals surface area contributed by atoms with E-state index in [2.05, 4.69) is 54.6 Å². The normalized spacial score (nSPS) is 16.4. The van der Waals surface area contributed by atoms with Crippen LogP contribution in [0.15, 0.2) is 66.7 Å². The highest BCUT2D eigenvalue weighted by Gasteiger charge is 2.26. The number of carbonyl (C=O) groups excluding carboxylic acids is 1. The van der Waals surface area contributed by atoms with Crippen molar-refractivity contribution in [2.75, 3.05) is 7.05 Å². The molecule has 1 aliphatic carbocycles. The fourth-order valence-electron chi connectivity index (χ4n) is 3.95. The van der Waals surface area contributed by atoms with E-state index < -0.39 is 0 Å². The number of nitrogens with zero attached hydrogens (tertiary/aromatic N) is 1. The number of likely N-dealkylation sites (N-methyl/N-ethyl adjacent to an activating group) is 1. The fourth-order valence-corrected chi connectivity index (χ4v) is 3.95. The molecule has 2 heteroatoms. The molecule has 1 unspecified atom stereocenters. The van der Waals surface area contributed by atoms with Crippen molar-refractivity contribution in [3.05, 3.63) is 83.4 Å². The molecule has 0 N–H and O–H groups in total. The summed E-state index contributed by atoms with van der Waals surface area (Å²) in [6.45, 7) is 0. The standard InChI is InChI=1S/C23H23NO/c1-24(22-12-6-10-19-8-4-5-11-21(19)22)23(25)16-17-13-14-18-7-2-3-9-20(18)15-17/h2-5,7-9,11,13-15,22H,6,10,12,16H2,1H3. The maximum atomic E-state index is 12.9. The van der Waals surface area contributed by atoms with Crippen LogP contribution in [-0.2, 0) is 17.6 Å². The third-order valence-corrected chi connectivity index (χ3v) is 5.37. The van der Waals surface area contributed by atoms with Gasteiger partial charge in [-0.05, 0) is 46.7 Å². The minimum Gasteiger partial charge on any atom is -0.338 e. The van der Waals surface area contributed by atoms with Gasteiger partial charge in [0.05, 0.1) is 12.5 Å². The third-order valence-electron chi connectivity index (χ3n) is 5.37. The predicted octanol–water partition coefficient (Wildman–Crippen LogP) is 4.92. The Kier molecular flexibility index (Phi) is 4.27. The van der Waals surface area contributed by atoms with E-state index in [1.165, 1.54) is 21.9 Å². The zero-order valence-corrected chi connectivity index (χ0v) is 14.6. The summed E-state index contributed by atoms with van der Waals surface area (Å²) in [5, 5.41) is 2.41. The molecular formula is C23H23NO. The average molecular weight is 329 g/mol. The number of hydrogen-bond donors (Lipinski definition) is 0. The highest BCUT2D eigenvalue weighted by molar-refractivity contribution is 5.85. The Hall–Kier alpha value is -2.61. The number of aryl methyl sites for hydroxylation is 1. The van der Waals surface area contributed by atoms with E-state index in [4.69, 9.17) is 0 Å². The SMILES string of the molecule is CN(C(=O)Cc1ccc2ccccc2c1)C1CCCc2ccccc21. The van der Waals surface area contributed by atoms with Gasteiger partial charge in [-0.25, -0.2) is 0 Å². The monoisotopic (exact) mass is 329 g/mol. The predicted molar refractivity (Wildman–Crippen MR) is 103 cm³/mol. The molecule has 0 aliphatic heterocycles. The van der Waals surface area contributed by atoms with Crippen molar-refractivity contribution in [2.45, 2.75) is 31.7 Å². The minimum atomic E-state index is 0.192. The average Bonchev–Trinajstić information content (AvgIpc) is 2.67. The molecule has 0 heterocycles. The topological polar surface area (TPSA) is 20.3 Å². The largest absolute Gasteiger partial charge is 0.338 e. The van der Waals surface area contributed by atoms with Crippen molar-refractivity contribution < 1.29 is 4.79 Å². The van der Waals surface area contributed by atoms with Gasteiger partial charge in [-0.1, -0.05) is 66.7 Å². The van der Waals surface area contributed by atoms with E-state index in [0.717, 1.165) is 24.8 Å². The van der Waals surface area contributed by atoms with Gasteiger partial charge in [-0.2, -0.15) is 0 Å². The molecule has 0 spiro atoms. The van der Waals surface area contributed by atoms with Crippen molar-refractivity contribution in [3.8, 4) is 0 Å². The summed E-state index contributed by atoms with van der Waals surface area (Å²) in [5.41, 5.74) is 3.80. The number of carbonyl (C=O) groups is 1. The Bertz CT molecular complexity index is 915. The summed E-state index contributed by atoms with van der Waals surface area (Å²) in [6, 6.07) is 23.4. The Morgan fingerprint density at radius 2 is 1.76 bits per heavy atom. The lowest BCUT2D eigenvalue weighted by Crippen LogP contribution is -2.34. The molecule has 0 saturated carbocycles. The second kappa shape index (κ2) is 6.72. The number of benzene rings is 3. The van der Waals surface area contributed by atoms with Crippen LogP contribution in [0.25, 0.3) is 10.8 Å². The molecule has 1 aliphatic rings. The maximum Gasteiger partial charge on any atom is 0.227 e. The lowest BCUT2D eigenvalue weighted by Gasteiger charge is -2.33. The summed E-state index contributed by atoms with van der Waals surface area (Å²) in [6.07, 6.45) is 3.78. The molecular weight excluding hydrogens is 306 g/mol. The van der Waals surface area contributed by atoms with E-state index in [1.54, 1.807) is 0 Å². The third kappa shape index (κ3) is 3.17. The molecule has 0 saturated heterocycles. The maximum absolute atomic E-state index is 12.9. The summed E-state index contributed by atoms with van der Waals surface area (Å²) in [5.74, 6) is 0.192. The quantitative estimate of drug-likeness (QED) is 0.668. The molecule has 3 aromatic rings. The summed E-state index contributed by atoms with van der Waals surface area (Å²) < 4.78 is 0. The summed E-state index contributed by atoms with van der Waals surface area (Å²) in [7, 11) is 1.95. The molecule has 3 aromatic carbocycles. The van der Waals surface area contributed by atoms with E-state index in [9.17, 15) is 4.79 Å². The van der Waals surface area contributed by atoms with E-state index in [1.807, 2.05) is 24.1 Å². The molecule has 126 valence electrons. The molecule has 0 bridgehead atoms. The number of fused-ring (bicyclic) bond motifs is 2. The second-order valence-corrected chi connectivity index (χ2v) is 6.97. The van der Waals surface area contributed by atoms with Crippen LogP contribution in [0.1, 0.15) is 35.6 Å². The van der Waals surface area contributed by atoms with Gasteiger partial charge >= 0.3 is 0 Å². The van der Waals surface area contributed by atoms with Crippen LogP contribution >= 0.6 is 0 Å². The molecule has 1 amide bonds. The Morgan fingerprint density at radius 1 is 1.00 bits per heavy atom. The summed E-state index contributed by atoms with van der Waals surface area (Å²) >= 11 is 0. The second-order valence-electron chi connectivity index (χ2n) is 6.97. The first-order valence-electron chi connectivity index (χ1n) is 9.03. The van der Waals surface area contributed by atoms with E-state index >= 15 is 0 Å². The first-order chi connectivity index (χ1) is 12.2. The van der Waals surface area contributed by atoms with Gasteiger partial charge in [0.25, 0.3) is 0 Å². The van der Waals surface area contributed by atoms with Gasteiger partial charge in [0.15, 0.2) is 0 Å². The minimum absolute atomic E-state index is 0.192. The van der Waals surface area contributed by atoms with Crippen LogP contribution in [0.5, 0.6) is 0 Å². The molecule has 25 heavy (non-hydrogen) atoms. The van der Waals surface area contributed by atoms with Crippen LogP contribution < -0.4 is 0 Å². The van der Waals surface area contributed by atoms with Crippen LogP contribution in [0.2, 0.25) is 0 Å². The van der Waals surface area contributed by atoms with Crippen molar-refractivity contribution in [2.24, 2.45) is 0 Å². The van der Waals surface area contributed by atoms with Crippen LogP contribution in [0.3, 0.4) is 0 Å². The number of hydrogen-bond acceptors (Lipinski definition) is 1. The number of amides is 1. The smallest absolute Gasteiger partial charge is 0.227 e. The molecule has 0 fully saturated rings. The zero-order valence-electron chi connectivity index (χ0n) is 14.6. The van der Waals surface area contributed by atoms with Crippen molar-refractivity contribution in [3.63, 3.8) is 0 Å². The summed E-state index contributed by atoms with van der Waals surface area (Å²) in [4.78, 5) is 14.8. The van der Waals surface area contributed by atoms with Crippen LogP contribution in [0.4, 0.5) is 0 Å². The van der Waals surface area contributed by atoms with Gasteiger partial charge in [-0.15, -0.1) is 0 Å². The van der Waals surface area contributed by atoms with E-state index in [-0.39, 0.29) is 11.9 Å². The highest BCUT2D eigenvalue weighted by atomic mass is 16.2. The first-order valence-corrected chi connectivity index (χ1v) is 9.03. The van der Waals surface area contributed by atoms with Crippen molar-refractivity contribution >= 4 is 16.7 Å². The molecule has 4 rings (SSSR count). The van der Waals surface area contributed by atoms with Crippen LogP contribution in [-0.4, -0.2) is 17.9 Å². The zero-order chi connectivity index (χ0) is 17.2. The van der Waals surface area contributed by atoms with Gasteiger partial charge in [0.1, 0.15) is 0 Å². The van der Waals surface area contributed by atoms with Gasteiger partial charge in [0.2, 0.25) is 5.91 Å². The molecule has 0 aromatic heterocycles. The van der Waals surface area contributed by atoms with Crippen molar-refractivity contribution in [1.82, 2.24) is 4.90 Å². The Labute approximate surface area is 149 Å². The lowest BCUT2D eigenvalue weighted by molar-refractivity contribution is -0.131. The van der Waals surface area contributed by atoms with Gasteiger partial charge in [0, 0.05) is 7.05 Å². The van der Waals surface area contributed by atoms with Crippen molar-refractivity contribution in [1.29, 1.82) is 0 Å². The molecule has 1 atom stereocenters. The number of rotatable bonds is 3. The first kappa shape index (κ1) is 15.9. The highest BCUT2D eigenvalue weighted by Crippen LogP contribution is 2.33. The molecule has 2 nitrogen and oxygen atoms in total. The van der Waals surface area contributed by atoms with E-state index in [0.29, 0.717) is 6.42 Å². The Morgan fingerprint density at radius 3 is 2.64 bits per heavy atom. The lowest BCUT2D eigenvalue weighted by atomic mass is 9.87. The van der Waals surface area contributed by atoms with Crippen LogP contribution in [0, 0.1) is 0 Å². The molecule has 0 radical (unpaired) electrons. The van der Waals surface area contributed by atoms with Gasteiger partial charge in [-0.3, -0.25) is 4.79 Å². The Balaban J connectivity index is 1.54. The van der Waals surface area contributed by atoms with Gasteiger partial charge < -0.3 is 4.90 Å².